The highest BCUT2D eigenvalue weighted by Gasteiger charge is 2.36. The number of likely N-dealkylation sites (tertiary alicyclic amines) is 1. The molecule has 1 fully saturated rings. The van der Waals surface area contributed by atoms with Gasteiger partial charge in [0.2, 0.25) is 15.9 Å². The van der Waals surface area contributed by atoms with E-state index in [4.69, 9.17) is 8.94 Å². The number of hydrogen-bond donors (Lipinski definition) is 0. The van der Waals surface area contributed by atoms with Gasteiger partial charge in [-0.25, -0.2) is 12.7 Å². The zero-order chi connectivity index (χ0) is 17.3. The van der Waals surface area contributed by atoms with Gasteiger partial charge in [0.1, 0.15) is 6.26 Å². The molecule has 1 amide bonds. The standard InChI is InChI=1S/C14H18N4O5S/c1-17(24(2,20)21)5-3-12-15-13(23-16-12)11-7-18(8-11)14(19)10-4-6-22-9-10/h4,6,9,11H,3,5,7-8H2,1-2H3. The van der Waals surface area contributed by atoms with Gasteiger partial charge in [0.05, 0.1) is 24.0 Å². The topological polar surface area (TPSA) is 110 Å². The number of rotatable bonds is 6. The molecular formula is C14H18N4O5S. The highest BCUT2D eigenvalue weighted by molar-refractivity contribution is 7.88. The van der Waals surface area contributed by atoms with Crippen LogP contribution in [0.25, 0.3) is 0 Å². The predicted molar refractivity (Wildman–Crippen MR) is 82.8 cm³/mol. The van der Waals surface area contributed by atoms with Gasteiger partial charge in [0.15, 0.2) is 5.82 Å². The van der Waals surface area contributed by atoms with E-state index in [1.807, 2.05) is 0 Å². The van der Waals surface area contributed by atoms with Crippen molar-refractivity contribution in [3.05, 3.63) is 35.9 Å². The molecule has 0 unspecified atom stereocenters. The Hall–Kier alpha value is -2.20. The van der Waals surface area contributed by atoms with Crippen molar-refractivity contribution in [3.8, 4) is 0 Å². The molecule has 0 N–H and O–H groups in total. The summed E-state index contributed by atoms with van der Waals surface area (Å²) < 4.78 is 34.0. The van der Waals surface area contributed by atoms with Gasteiger partial charge in [0, 0.05) is 33.1 Å². The van der Waals surface area contributed by atoms with Crippen LogP contribution in [0.2, 0.25) is 0 Å². The van der Waals surface area contributed by atoms with Crippen molar-refractivity contribution in [2.24, 2.45) is 0 Å². The molecule has 1 aliphatic heterocycles. The Kier molecular flexibility index (Phi) is 4.41. The number of amides is 1. The normalized spacial score (nSPS) is 15.7. The lowest BCUT2D eigenvalue weighted by Gasteiger charge is -2.36. The fourth-order valence-corrected chi connectivity index (χ4v) is 2.75. The summed E-state index contributed by atoms with van der Waals surface area (Å²) in [5, 5.41) is 3.87. The molecule has 1 aliphatic rings. The van der Waals surface area contributed by atoms with Gasteiger partial charge in [-0.3, -0.25) is 4.79 Å². The molecule has 0 aromatic carbocycles. The zero-order valence-corrected chi connectivity index (χ0v) is 14.2. The van der Waals surface area contributed by atoms with Crippen LogP contribution in [0.5, 0.6) is 0 Å². The first-order valence-corrected chi connectivity index (χ1v) is 9.24. The van der Waals surface area contributed by atoms with E-state index in [0.717, 1.165) is 6.26 Å². The maximum atomic E-state index is 12.1. The Labute approximate surface area is 139 Å². The van der Waals surface area contributed by atoms with Gasteiger partial charge >= 0.3 is 0 Å². The molecule has 0 aliphatic carbocycles. The number of furan rings is 1. The lowest BCUT2D eigenvalue weighted by Crippen LogP contribution is -2.48. The fraction of sp³-hybridized carbons (Fsp3) is 0.500. The Morgan fingerprint density at radius 1 is 1.46 bits per heavy atom. The van der Waals surface area contributed by atoms with Gasteiger partial charge in [-0.05, 0) is 6.07 Å². The Bertz CT molecular complexity index is 808. The van der Waals surface area contributed by atoms with Crippen molar-refractivity contribution in [1.82, 2.24) is 19.3 Å². The molecule has 9 nitrogen and oxygen atoms in total. The first kappa shape index (κ1) is 16.7. The number of likely N-dealkylation sites (N-methyl/N-ethyl adjacent to an activating group) is 1. The minimum Gasteiger partial charge on any atom is -0.472 e. The van der Waals surface area contributed by atoms with E-state index in [1.54, 1.807) is 11.0 Å². The fourth-order valence-electron chi connectivity index (χ4n) is 2.33. The molecule has 3 rings (SSSR count). The molecule has 3 heterocycles. The lowest BCUT2D eigenvalue weighted by molar-refractivity contribution is 0.0568. The van der Waals surface area contributed by atoms with Crippen LogP contribution in [0, 0.1) is 0 Å². The number of aromatic nitrogens is 2. The predicted octanol–water partition coefficient (Wildman–Crippen LogP) is 0.336. The summed E-state index contributed by atoms with van der Waals surface area (Å²) in [6.45, 7) is 1.30. The number of hydrogen-bond acceptors (Lipinski definition) is 7. The van der Waals surface area contributed by atoms with Crippen LogP contribution >= 0.6 is 0 Å². The van der Waals surface area contributed by atoms with Gasteiger partial charge in [-0.1, -0.05) is 5.16 Å². The average Bonchev–Trinajstić information content (AvgIpc) is 3.13. The summed E-state index contributed by atoms with van der Waals surface area (Å²) >= 11 is 0. The summed E-state index contributed by atoms with van der Waals surface area (Å²) in [4.78, 5) is 18.0. The van der Waals surface area contributed by atoms with E-state index in [-0.39, 0.29) is 18.4 Å². The van der Waals surface area contributed by atoms with E-state index in [9.17, 15) is 13.2 Å². The molecule has 0 saturated carbocycles. The Balaban J connectivity index is 1.51. The number of carbonyl (C=O) groups is 1. The van der Waals surface area contributed by atoms with Gasteiger partial charge in [-0.2, -0.15) is 4.98 Å². The molecular weight excluding hydrogens is 336 g/mol. The van der Waals surface area contributed by atoms with Crippen LogP contribution < -0.4 is 0 Å². The van der Waals surface area contributed by atoms with Crippen molar-refractivity contribution < 1.29 is 22.2 Å². The van der Waals surface area contributed by atoms with E-state index < -0.39 is 10.0 Å². The highest BCUT2D eigenvalue weighted by atomic mass is 32.2. The zero-order valence-electron chi connectivity index (χ0n) is 13.4. The summed E-state index contributed by atoms with van der Waals surface area (Å²) in [6.07, 6.45) is 4.40. The smallest absolute Gasteiger partial charge is 0.257 e. The van der Waals surface area contributed by atoms with Crippen molar-refractivity contribution in [2.75, 3.05) is 32.9 Å². The first-order valence-electron chi connectivity index (χ1n) is 7.40. The monoisotopic (exact) mass is 354 g/mol. The van der Waals surface area contributed by atoms with E-state index in [2.05, 4.69) is 10.1 Å². The van der Waals surface area contributed by atoms with Crippen LogP contribution in [0.3, 0.4) is 0 Å². The second-order valence-electron chi connectivity index (χ2n) is 5.80. The van der Waals surface area contributed by atoms with Crippen molar-refractivity contribution >= 4 is 15.9 Å². The minimum absolute atomic E-state index is 0.00902. The summed E-state index contributed by atoms with van der Waals surface area (Å²) in [6, 6.07) is 1.62. The molecule has 0 bridgehead atoms. The molecule has 130 valence electrons. The molecule has 0 radical (unpaired) electrons. The number of sulfonamides is 1. The van der Waals surface area contributed by atoms with Crippen LogP contribution in [-0.2, 0) is 16.4 Å². The van der Waals surface area contributed by atoms with E-state index >= 15 is 0 Å². The minimum atomic E-state index is -3.22. The van der Waals surface area contributed by atoms with Crippen molar-refractivity contribution in [3.63, 3.8) is 0 Å². The first-order chi connectivity index (χ1) is 11.3. The van der Waals surface area contributed by atoms with E-state index in [0.29, 0.717) is 36.8 Å². The van der Waals surface area contributed by atoms with Crippen LogP contribution in [0.15, 0.2) is 27.5 Å². The maximum Gasteiger partial charge on any atom is 0.257 e. The van der Waals surface area contributed by atoms with Gasteiger partial charge in [-0.15, -0.1) is 0 Å². The quantitative estimate of drug-likeness (QED) is 0.735. The molecule has 10 heteroatoms. The Morgan fingerprint density at radius 3 is 2.83 bits per heavy atom. The SMILES string of the molecule is CN(CCc1noc(C2CN(C(=O)c3ccoc3)C2)n1)S(C)(=O)=O. The van der Waals surface area contributed by atoms with E-state index in [1.165, 1.54) is 23.9 Å². The lowest BCUT2D eigenvalue weighted by atomic mass is 9.99. The van der Waals surface area contributed by atoms with Crippen LogP contribution in [-0.4, -0.2) is 66.6 Å². The molecule has 24 heavy (non-hydrogen) atoms. The summed E-state index contributed by atoms with van der Waals surface area (Å²) in [7, 11) is -1.72. The molecule has 2 aromatic rings. The average molecular weight is 354 g/mol. The van der Waals surface area contributed by atoms with Crippen molar-refractivity contribution in [2.45, 2.75) is 12.3 Å². The maximum absolute atomic E-state index is 12.1. The second-order valence-corrected chi connectivity index (χ2v) is 7.89. The third-order valence-corrected chi connectivity index (χ3v) is 5.30. The van der Waals surface area contributed by atoms with Gasteiger partial charge < -0.3 is 13.8 Å². The number of carbonyl (C=O) groups excluding carboxylic acids is 1. The molecule has 1 saturated heterocycles. The molecule has 2 aromatic heterocycles. The second kappa shape index (κ2) is 6.36. The van der Waals surface area contributed by atoms with Crippen molar-refractivity contribution in [1.29, 1.82) is 0 Å². The van der Waals surface area contributed by atoms with Crippen LogP contribution in [0.1, 0.15) is 28.0 Å². The molecule has 0 spiro atoms. The summed E-state index contributed by atoms with van der Waals surface area (Å²) in [5.41, 5.74) is 0.517. The third kappa shape index (κ3) is 3.49. The summed E-state index contributed by atoms with van der Waals surface area (Å²) in [5.74, 6) is 0.854. The number of nitrogens with zero attached hydrogens (tertiary/aromatic N) is 4. The third-order valence-electron chi connectivity index (χ3n) is 3.99. The molecule has 0 atom stereocenters. The highest BCUT2D eigenvalue weighted by Crippen LogP contribution is 2.27. The largest absolute Gasteiger partial charge is 0.472 e. The van der Waals surface area contributed by atoms with Gasteiger partial charge in [0.25, 0.3) is 5.91 Å². The Morgan fingerprint density at radius 2 is 2.21 bits per heavy atom. The van der Waals surface area contributed by atoms with Crippen LogP contribution in [0.4, 0.5) is 0 Å².